The van der Waals surface area contributed by atoms with E-state index >= 15 is 0 Å². The Balaban J connectivity index is 1.39. The van der Waals surface area contributed by atoms with Crippen LogP contribution in [0.5, 0.6) is 5.75 Å². The van der Waals surface area contributed by atoms with Crippen molar-refractivity contribution in [3.63, 3.8) is 0 Å². The van der Waals surface area contributed by atoms with Crippen molar-refractivity contribution < 1.29 is 19.1 Å². The highest BCUT2D eigenvalue weighted by atomic mass is 16.5. The first-order chi connectivity index (χ1) is 14.1. The van der Waals surface area contributed by atoms with Crippen LogP contribution in [-0.2, 0) is 9.53 Å². The Kier molecular flexibility index (Phi) is 7.35. The zero-order valence-electron chi connectivity index (χ0n) is 16.4. The van der Waals surface area contributed by atoms with E-state index < -0.39 is 0 Å². The third kappa shape index (κ3) is 6.73. The lowest BCUT2D eigenvalue weighted by atomic mass is 10.1. The minimum Gasteiger partial charge on any atom is -0.484 e. The highest BCUT2D eigenvalue weighted by molar-refractivity contribution is 5.94. The zero-order chi connectivity index (χ0) is 20.5. The number of carbonyl (C=O) groups excluding carboxylic acids is 2. The molecule has 3 rings (SSSR count). The molecule has 0 saturated carbocycles. The molecule has 1 heterocycles. The fraction of sp³-hybridized carbons (Fsp3) is 0.318. The SMILES string of the molecule is Cc1ccc(C(=O)N/N=C/c2ccc(OCC(=O)NC[C@H]3CCCO3)cc2)cc1. The van der Waals surface area contributed by atoms with E-state index in [1.54, 1.807) is 42.6 Å². The number of nitrogens with zero attached hydrogens (tertiary/aromatic N) is 1. The highest BCUT2D eigenvalue weighted by Gasteiger charge is 2.16. The Hall–Kier alpha value is -3.19. The number of hydrazone groups is 1. The van der Waals surface area contributed by atoms with Gasteiger partial charge in [-0.05, 0) is 61.7 Å². The van der Waals surface area contributed by atoms with Crippen LogP contribution in [0.2, 0.25) is 0 Å². The molecule has 0 unspecified atom stereocenters. The van der Waals surface area contributed by atoms with Gasteiger partial charge in [-0.1, -0.05) is 17.7 Å². The molecule has 29 heavy (non-hydrogen) atoms. The third-order valence-corrected chi connectivity index (χ3v) is 4.49. The van der Waals surface area contributed by atoms with Gasteiger partial charge >= 0.3 is 0 Å². The summed E-state index contributed by atoms with van der Waals surface area (Å²) in [5.41, 5.74) is 4.93. The van der Waals surface area contributed by atoms with Crippen LogP contribution in [-0.4, -0.2) is 43.9 Å². The van der Waals surface area contributed by atoms with Crippen LogP contribution < -0.4 is 15.5 Å². The summed E-state index contributed by atoms with van der Waals surface area (Å²) in [4.78, 5) is 23.8. The molecule has 2 aromatic rings. The molecule has 0 spiro atoms. The highest BCUT2D eigenvalue weighted by Crippen LogP contribution is 2.12. The van der Waals surface area contributed by atoms with E-state index in [0.717, 1.165) is 30.6 Å². The number of hydrogen-bond donors (Lipinski definition) is 2. The van der Waals surface area contributed by atoms with Crippen molar-refractivity contribution >= 4 is 18.0 Å². The van der Waals surface area contributed by atoms with Crippen molar-refractivity contribution in [1.82, 2.24) is 10.7 Å². The first kappa shape index (κ1) is 20.5. The van der Waals surface area contributed by atoms with Crippen LogP contribution in [0.15, 0.2) is 53.6 Å². The lowest BCUT2D eigenvalue weighted by molar-refractivity contribution is -0.123. The van der Waals surface area contributed by atoms with Gasteiger partial charge in [0.1, 0.15) is 5.75 Å². The van der Waals surface area contributed by atoms with Gasteiger partial charge in [-0.2, -0.15) is 5.10 Å². The van der Waals surface area contributed by atoms with E-state index in [0.29, 0.717) is 17.9 Å². The molecule has 0 bridgehead atoms. The minimum absolute atomic E-state index is 0.0488. The maximum Gasteiger partial charge on any atom is 0.271 e. The van der Waals surface area contributed by atoms with Gasteiger partial charge in [0.15, 0.2) is 6.61 Å². The second-order valence-electron chi connectivity index (χ2n) is 6.86. The molecule has 1 atom stereocenters. The fourth-order valence-electron chi connectivity index (χ4n) is 2.82. The van der Waals surface area contributed by atoms with Crippen molar-refractivity contribution in [2.75, 3.05) is 19.8 Å². The van der Waals surface area contributed by atoms with Crippen molar-refractivity contribution in [1.29, 1.82) is 0 Å². The monoisotopic (exact) mass is 395 g/mol. The van der Waals surface area contributed by atoms with Gasteiger partial charge < -0.3 is 14.8 Å². The van der Waals surface area contributed by atoms with Gasteiger partial charge in [-0.25, -0.2) is 5.43 Å². The molecule has 0 radical (unpaired) electrons. The Bertz CT molecular complexity index is 841. The van der Waals surface area contributed by atoms with E-state index in [2.05, 4.69) is 15.8 Å². The Labute approximate surface area is 170 Å². The van der Waals surface area contributed by atoms with Crippen LogP contribution in [0, 0.1) is 6.92 Å². The maximum absolute atomic E-state index is 12.0. The van der Waals surface area contributed by atoms with Crippen molar-refractivity contribution in [2.24, 2.45) is 5.10 Å². The molecule has 7 heteroatoms. The van der Waals surface area contributed by atoms with E-state index in [9.17, 15) is 9.59 Å². The molecule has 1 aliphatic rings. The van der Waals surface area contributed by atoms with Gasteiger partial charge in [-0.15, -0.1) is 0 Å². The largest absolute Gasteiger partial charge is 0.484 e. The smallest absolute Gasteiger partial charge is 0.271 e. The Morgan fingerprint density at radius 2 is 1.93 bits per heavy atom. The van der Waals surface area contributed by atoms with Gasteiger partial charge in [0.25, 0.3) is 11.8 Å². The van der Waals surface area contributed by atoms with E-state index in [-0.39, 0.29) is 24.5 Å². The second kappa shape index (κ2) is 10.4. The third-order valence-electron chi connectivity index (χ3n) is 4.49. The number of rotatable bonds is 8. The predicted molar refractivity (Wildman–Crippen MR) is 110 cm³/mol. The van der Waals surface area contributed by atoms with Crippen LogP contribution in [0.1, 0.15) is 34.3 Å². The Morgan fingerprint density at radius 1 is 1.17 bits per heavy atom. The maximum atomic E-state index is 12.0. The van der Waals surface area contributed by atoms with E-state index in [1.165, 1.54) is 0 Å². The van der Waals surface area contributed by atoms with Gasteiger partial charge in [0, 0.05) is 18.7 Å². The molecule has 0 aliphatic carbocycles. The van der Waals surface area contributed by atoms with E-state index in [4.69, 9.17) is 9.47 Å². The quantitative estimate of drug-likeness (QED) is 0.531. The first-order valence-corrected chi connectivity index (χ1v) is 9.61. The molecular weight excluding hydrogens is 370 g/mol. The molecule has 7 nitrogen and oxygen atoms in total. The predicted octanol–water partition coefficient (Wildman–Crippen LogP) is 2.43. The van der Waals surface area contributed by atoms with Crippen molar-refractivity contribution in [3.8, 4) is 5.75 Å². The summed E-state index contributed by atoms with van der Waals surface area (Å²) in [6, 6.07) is 14.3. The van der Waals surface area contributed by atoms with Crippen LogP contribution in [0.25, 0.3) is 0 Å². The standard InChI is InChI=1S/C22H25N3O4/c1-16-4-8-18(9-5-16)22(27)25-24-13-17-6-10-19(11-7-17)29-15-21(26)23-14-20-3-2-12-28-20/h4-11,13,20H,2-3,12,14-15H2,1H3,(H,23,26)(H,25,27)/b24-13+/t20-/m1/s1. The molecule has 2 N–H and O–H groups in total. The fourth-order valence-corrected chi connectivity index (χ4v) is 2.82. The zero-order valence-corrected chi connectivity index (χ0v) is 16.4. The number of aryl methyl sites for hydroxylation is 1. The summed E-state index contributed by atoms with van der Waals surface area (Å²) in [6.07, 6.45) is 3.69. The molecule has 1 fully saturated rings. The molecule has 1 aliphatic heterocycles. The first-order valence-electron chi connectivity index (χ1n) is 9.61. The second-order valence-corrected chi connectivity index (χ2v) is 6.86. The lowest BCUT2D eigenvalue weighted by Crippen LogP contribution is -2.35. The number of hydrogen-bond acceptors (Lipinski definition) is 5. The summed E-state index contributed by atoms with van der Waals surface area (Å²) in [6.45, 7) is 3.20. The summed E-state index contributed by atoms with van der Waals surface area (Å²) in [5.74, 6) is 0.137. The molecular formula is C22H25N3O4. The van der Waals surface area contributed by atoms with E-state index in [1.807, 2.05) is 19.1 Å². The lowest BCUT2D eigenvalue weighted by Gasteiger charge is -2.11. The molecule has 2 amide bonds. The molecule has 152 valence electrons. The van der Waals surface area contributed by atoms with Gasteiger partial charge in [-0.3, -0.25) is 9.59 Å². The number of ether oxygens (including phenoxy) is 2. The number of carbonyl (C=O) groups is 2. The molecule has 2 aromatic carbocycles. The normalized spacial score (nSPS) is 16.0. The summed E-state index contributed by atoms with van der Waals surface area (Å²) < 4.78 is 10.9. The van der Waals surface area contributed by atoms with Crippen LogP contribution in [0.3, 0.4) is 0 Å². The number of nitrogens with one attached hydrogen (secondary N) is 2. The molecule has 0 aromatic heterocycles. The topological polar surface area (TPSA) is 89.0 Å². The Morgan fingerprint density at radius 3 is 2.62 bits per heavy atom. The van der Waals surface area contributed by atoms with Gasteiger partial charge in [0.2, 0.25) is 0 Å². The average Bonchev–Trinajstić information content (AvgIpc) is 3.26. The van der Waals surface area contributed by atoms with Crippen molar-refractivity contribution in [3.05, 3.63) is 65.2 Å². The van der Waals surface area contributed by atoms with Crippen LogP contribution >= 0.6 is 0 Å². The summed E-state index contributed by atoms with van der Waals surface area (Å²) in [5, 5.41) is 6.78. The number of amides is 2. The summed E-state index contributed by atoms with van der Waals surface area (Å²) >= 11 is 0. The average molecular weight is 395 g/mol. The molecule has 1 saturated heterocycles. The van der Waals surface area contributed by atoms with Crippen molar-refractivity contribution in [2.45, 2.75) is 25.9 Å². The van der Waals surface area contributed by atoms with Gasteiger partial charge in [0.05, 0.1) is 12.3 Å². The van der Waals surface area contributed by atoms with Crippen LogP contribution in [0.4, 0.5) is 0 Å². The minimum atomic E-state index is -0.268. The number of benzene rings is 2. The summed E-state index contributed by atoms with van der Waals surface area (Å²) in [7, 11) is 0.